The van der Waals surface area contributed by atoms with Crippen molar-refractivity contribution < 1.29 is 19.1 Å². The van der Waals surface area contributed by atoms with Gasteiger partial charge in [0.05, 0.1) is 24.7 Å². The molecule has 9 nitrogen and oxygen atoms in total. The van der Waals surface area contributed by atoms with Crippen LogP contribution in [0.4, 0.5) is 4.79 Å². The number of ether oxygens (including phenoxy) is 1. The molecule has 1 aromatic heterocycles. The van der Waals surface area contributed by atoms with Crippen LogP contribution >= 0.6 is 0 Å². The minimum absolute atomic E-state index is 0.148. The number of amides is 3. The highest BCUT2D eigenvalue weighted by atomic mass is 16.6. The first kappa shape index (κ1) is 15.5. The van der Waals surface area contributed by atoms with Gasteiger partial charge in [0.2, 0.25) is 5.91 Å². The summed E-state index contributed by atoms with van der Waals surface area (Å²) < 4.78 is 5.68. The van der Waals surface area contributed by atoms with E-state index < -0.39 is 5.60 Å². The fourth-order valence-corrected chi connectivity index (χ4v) is 4.15. The predicted octanol–water partition coefficient (Wildman–Crippen LogP) is -0.256. The van der Waals surface area contributed by atoms with Crippen molar-refractivity contribution in [1.29, 1.82) is 0 Å². The molecule has 5 rings (SSSR count). The average Bonchev–Trinajstić information content (AvgIpc) is 3.44. The maximum absolute atomic E-state index is 12.7. The number of carbonyl (C=O) groups excluding carboxylic acids is 3. The summed E-state index contributed by atoms with van der Waals surface area (Å²) in [4.78, 5) is 50.2. The van der Waals surface area contributed by atoms with Gasteiger partial charge in [-0.3, -0.25) is 14.5 Å². The Morgan fingerprint density at radius 3 is 2.54 bits per heavy atom. The summed E-state index contributed by atoms with van der Waals surface area (Å²) in [7, 11) is 0. The summed E-state index contributed by atoms with van der Waals surface area (Å²) in [6, 6.07) is -0.222. The van der Waals surface area contributed by atoms with Crippen LogP contribution in [0.1, 0.15) is 23.2 Å². The molecule has 4 fully saturated rings. The molecule has 1 atom stereocenters. The summed E-state index contributed by atoms with van der Waals surface area (Å²) in [5.74, 6) is 0.170. The first-order valence-electron chi connectivity index (χ1n) is 8.90. The van der Waals surface area contributed by atoms with E-state index in [0.717, 1.165) is 12.8 Å². The zero-order valence-electron chi connectivity index (χ0n) is 14.2. The molecule has 1 saturated carbocycles. The highest BCUT2D eigenvalue weighted by Crippen LogP contribution is 2.42. The lowest BCUT2D eigenvalue weighted by molar-refractivity contribution is -0.156. The van der Waals surface area contributed by atoms with E-state index in [4.69, 9.17) is 4.74 Å². The second-order valence-electron chi connectivity index (χ2n) is 7.49. The number of aromatic nitrogens is 2. The van der Waals surface area contributed by atoms with Crippen LogP contribution in [-0.4, -0.2) is 86.9 Å². The fraction of sp³-hybridized carbons (Fsp3) is 0.588. The Kier molecular flexibility index (Phi) is 3.22. The molecule has 4 aliphatic rings. The van der Waals surface area contributed by atoms with Crippen LogP contribution in [0.15, 0.2) is 18.7 Å². The maximum atomic E-state index is 12.7. The largest absolute Gasteiger partial charge is 0.437 e. The lowest BCUT2D eigenvalue weighted by Crippen LogP contribution is -2.72. The smallest absolute Gasteiger partial charge is 0.411 e. The zero-order chi connectivity index (χ0) is 17.9. The van der Waals surface area contributed by atoms with Gasteiger partial charge in [0, 0.05) is 37.9 Å². The highest BCUT2D eigenvalue weighted by molar-refractivity contribution is 5.94. The Bertz CT molecular complexity index is 775. The third-order valence-corrected chi connectivity index (χ3v) is 5.76. The Balaban J connectivity index is 1.32. The number of hydrogen-bond donors (Lipinski definition) is 0. The SMILES string of the molecule is O=C(c1cncnc1)N1CCN2C(=O)OC3(CN(C(=O)C4CC4)C3)C2C1. The molecule has 0 N–H and O–H groups in total. The lowest BCUT2D eigenvalue weighted by atomic mass is 9.84. The molecule has 0 bridgehead atoms. The Hall–Kier alpha value is -2.71. The van der Waals surface area contributed by atoms with Crippen molar-refractivity contribution in [3.63, 3.8) is 0 Å². The van der Waals surface area contributed by atoms with E-state index in [9.17, 15) is 14.4 Å². The minimum atomic E-state index is -0.687. The highest BCUT2D eigenvalue weighted by Gasteiger charge is 2.63. The van der Waals surface area contributed by atoms with Gasteiger partial charge in [-0.05, 0) is 12.8 Å². The van der Waals surface area contributed by atoms with Crippen molar-refractivity contribution in [3.8, 4) is 0 Å². The Morgan fingerprint density at radius 2 is 1.85 bits per heavy atom. The molecule has 3 aliphatic heterocycles. The third-order valence-electron chi connectivity index (χ3n) is 5.76. The van der Waals surface area contributed by atoms with E-state index in [1.807, 2.05) is 0 Å². The monoisotopic (exact) mass is 357 g/mol. The Labute approximate surface area is 149 Å². The summed E-state index contributed by atoms with van der Waals surface area (Å²) in [5, 5.41) is 0. The van der Waals surface area contributed by atoms with Gasteiger partial charge in [0.15, 0.2) is 5.60 Å². The number of hydrogen-bond acceptors (Lipinski definition) is 6. The van der Waals surface area contributed by atoms with Crippen molar-refractivity contribution in [1.82, 2.24) is 24.7 Å². The normalized spacial score (nSPS) is 26.4. The molecule has 0 aromatic carbocycles. The molecule has 1 unspecified atom stereocenters. The lowest BCUT2D eigenvalue weighted by Gasteiger charge is -2.51. The summed E-state index contributed by atoms with van der Waals surface area (Å²) in [6.45, 7) is 2.11. The number of nitrogens with zero attached hydrogens (tertiary/aromatic N) is 5. The number of rotatable bonds is 2. The van der Waals surface area contributed by atoms with E-state index in [1.165, 1.54) is 18.7 Å². The van der Waals surface area contributed by atoms with Gasteiger partial charge in [-0.25, -0.2) is 14.8 Å². The minimum Gasteiger partial charge on any atom is -0.437 e. The molecular formula is C17H19N5O4. The first-order valence-corrected chi connectivity index (χ1v) is 8.90. The second-order valence-corrected chi connectivity index (χ2v) is 7.49. The van der Waals surface area contributed by atoms with Crippen LogP contribution in [-0.2, 0) is 9.53 Å². The molecule has 1 spiro atoms. The van der Waals surface area contributed by atoms with Gasteiger partial charge in [0.1, 0.15) is 6.33 Å². The van der Waals surface area contributed by atoms with E-state index in [2.05, 4.69) is 9.97 Å². The summed E-state index contributed by atoms with van der Waals surface area (Å²) >= 11 is 0. The quantitative estimate of drug-likeness (QED) is 0.724. The predicted molar refractivity (Wildman–Crippen MR) is 86.9 cm³/mol. The van der Waals surface area contributed by atoms with E-state index in [-0.39, 0.29) is 29.9 Å². The van der Waals surface area contributed by atoms with Crippen LogP contribution in [0.3, 0.4) is 0 Å². The molecule has 136 valence electrons. The molecule has 9 heteroatoms. The third kappa shape index (κ3) is 2.26. The van der Waals surface area contributed by atoms with Crippen molar-refractivity contribution in [2.45, 2.75) is 24.5 Å². The van der Waals surface area contributed by atoms with Crippen LogP contribution < -0.4 is 0 Å². The van der Waals surface area contributed by atoms with Gasteiger partial charge in [-0.2, -0.15) is 0 Å². The van der Waals surface area contributed by atoms with Crippen molar-refractivity contribution in [3.05, 3.63) is 24.3 Å². The van der Waals surface area contributed by atoms with E-state index in [1.54, 1.807) is 14.7 Å². The van der Waals surface area contributed by atoms with Crippen LogP contribution in [0.5, 0.6) is 0 Å². The molecular weight excluding hydrogens is 338 g/mol. The van der Waals surface area contributed by atoms with Gasteiger partial charge < -0.3 is 14.5 Å². The van der Waals surface area contributed by atoms with Gasteiger partial charge in [-0.1, -0.05) is 0 Å². The molecule has 3 amide bonds. The van der Waals surface area contributed by atoms with E-state index >= 15 is 0 Å². The molecule has 4 heterocycles. The molecule has 3 saturated heterocycles. The van der Waals surface area contributed by atoms with Gasteiger partial charge >= 0.3 is 6.09 Å². The fourth-order valence-electron chi connectivity index (χ4n) is 4.15. The number of piperazine rings is 1. The second kappa shape index (κ2) is 5.39. The first-order chi connectivity index (χ1) is 12.6. The summed E-state index contributed by atoms with van der Waals surface area (Å²) in [5.41, 5.74) is -0.257. The number of likely N-dealkylation sites (tertiary alicyclic amines) is 1. The molecule has 1 aromatic rings. The van der Waals surface area contributed by atoms with Gasteiger partial charge in [-0.15, -0.1) is 0 Å². The molecule has 1 aliphatic carbocycles. The zero-order valence-corrected chi connectivity index (χ0v) is 14.2. The van der Waals surface area contributed by atoms with Crippen molar-refractivity contribution in [2.75, 3.05) is 32.7 Å². The topological polar surface area (TPSA) is 95.9 Å². The standard InChI is InChI=1S/C17H19N5O4/c23-14(11-1-2-11)21-8-17(9-21)13-7-20(3-4-22(13)16(25)26-17)15(24)12-5-18-10-19-6-12/h5-6,10-11,13H,1-4,7-9H2. The average molecular weight is 357 g/mol. The van der Waals surface area contributed by atoms with Crippen molar-refractivity contribution in [2.24, 2.45) is 5.92 Å². The maximum Gasteiger partial charge on any atom is 0.411 e. The van der Waals surface area contributed by atoms with Crippen LogP contribution in [0.25, 0.3) is 0 Å². The summed E-state index contributed by atoms with van der Waals surface area (Å²) in [6.07, 6.45) is 5.94. The number of carbonyl (C=O) groups is 3. The molecule has 26 heavy (non-hydrogen) atoms. The van der Waals surface area contributed by atoms with Crippen molar-refractivity contribution >= 4 is 17.9 Å². The number of fused-ring (bicyclic) bond motifs is 2. The Morgan fingerprint density at radius 1 is 1.12 bits per heavy atom. The van der Waals surface area contributed by atoms with E-state index in [0.29, 0.717) is 38.3 Å². The van der Waals surface area contributed by atoms with Gasteiger partial charge in [0.25, 0.3) is 5.91 Å². The van der Waals surface area contributed by atoms with Crippen LogP contribution in [0, 0.1) is 5.92 Å². The van der Waals surface area contributed by atoms with Crippen LogP contribution in [0.2, 0.25) is 0 Å². The molecule has 0 radical (unpaired) electrons.